The Labute approximate surface area is 162 Å². The summed E-state index contributed by atoms with van der Waals surface area (Å²) >= 11 is 0. The molecular formula is C18H25N7O3. The van der Waals surface area contributed by atoms with Gasteiger partial charge < -0.3 is 25.3 Å². The number of carboxylic acid groups (broad SMARTS) is 1. The number of aromatic amines is 1. The normalized spacial score (nSPS) is 23.7. The standard InChI is InChI=1S/C18H25N7O3/c1-10-5-16(23-22-10)20-15-6-11(9-26)19-17(21-15)24(2)14-7-12-3-4-13(8-14)25(12)18(27)28/h5-6,12-14,26H,3-4,7-9H2,1-2H3,(H,27,28)(H2,19,20,21,22,23)/t12-,13+,14+. The van der Waals surface area contributed by atoms with Gasteiger partial charge in [0.05, 0.1) is 12.3 Å². The number of H-pyrrole nitrogens is 1. The maximum absolute atomic E-state index is 11.5. The van der Waals surface area contributed by atoms with Crippen molar-refractivity contribution in [3.05, 3.63) is 23.5 Å². The van der Waals surface area contributed by atoms with E-state index in [1.54, 1.807) is 11.0 Å². The summed E-state index contributed by atoms with van der Waals surface area (Å²) in [4.78, 5) is 24.2. The van der Waals surface area contributed by atoms with Gasteiger partial charge in [-0.15, -0.1) is 0 Å². The van der Waals surface area contributed by atoms with Gasteiger partial charge in [0.1, 0.15) is 5.82 Å². The van der Waals surface area contributed by atoms with Gasteiger partial charge in [-0.25, -0.2) is 9.78 Å². The quantitative estimate of drug-likeness (QED) is 0.611. The minimum atomic E-state index is -0.826. The number of aromatic nitrogens is 4. The van der Waals surface area contributed by atoms with Crippen LogP contribution in [0.2, 0.25) is 0 Å². The second-order valence-electron chi connectivity index (χ2n) is 7.57. The number of piperidine rings is 1. The van der Waals surface area contributed by atoms with Gasteiger partial charge in [-0.05, 0) is 32.6 Å². The highest BCUT2D eigenvalue weighted by atomic mass is 16.4. The van der Waals surface area contributed by atoms with Crippen LogP contribution in [0.3, 0.4) is 0 Å². The Morgan fingerprint density at radius 1 is 1.29 bits per heavy atom. The van der Waals surface area contributed by atoms with E-state index in [-0.39, 0.29) is 24.7 Å². The van der Waals surface area contributed by atoms with E-state index in [1.807, 2.05) is 24.9 Å². The fourth-order valence-electron chi connectivity index (χ4n) is 4.34. The number of rotatable bonds is 5. The number of carbonyl (C=O) groups is 1. The lowest BCUT2D eigenvalue weighted by Crippen LogP contribution is -2.51. The van der Waals surface area contributed by atoms with E-state index in [0.717, 1.165) is 31.4 Å². The first kappa shape index (κ1) is 18.5. The lowest BCUT2D eigenvalue weighted by atomic mass is 9.97. The van der Waals surface area contributed by atoms with E-state index < -0.39 is 6.09 Å². The lowest BCUT2D eigenvalue weighted by molar-refractivity contribution is 0.0964. The topological polar surface area (TPSA) is 130 Å². The zero-order valence-electron chi connectivity index (χ0n) is 16.0. The van der Waals surface area contributed by atoms with Crippen LogP contribution in [0.25, 0.3) is 0 Å². The minimum absolute atomic E-state index is 0.0503. The number of nitrogens with zero attached hydrogens (tertiary/aromatic N) is 5. The molecule has 2 fully saturated rings. The highest BCUT2D eigenvalue weighted by Crippen LogP contribution is 2.38. The van der Waals surface area contributed by atoms with Crippen LogP contribution in [0.4, 0.5) is 22.4 Å². The van der Waals surface area contributed by atoms with Gasteiger partial charge in [-0.3, -0.25) is 5.10 Å². The third-order valence-electron chi connectivity index (χ3n) is 5.68. The number of fused-ring (bicyclic) bond motifs is 2. The molecule has 10 heteroatoms. The summed E-state index contributed by atoms with van der Waals surface area (Å²) in [6.07, 6.45) is 2.50. The van der Waals surface area contributed by atoms with Gasteiger partial charge in [0.15, 0.2) is 5.82 Å². The second-order valence-corrected chi connectivity index (χ2v) is 7.57. The molecule has 2 bridgehead atoms. The number of anilines is 3. The molecule has 0 radical (unpaired) electrons. The molecule has 4 N–H and O–H groups in total. The number of hydrogen-bond acceptors (Lipinski definition) is 7. The average Bonchev–Trinajstić information content (AvgIpc) is 3.20. The second kappa shape index (κ2) is 7.27. The van der Waals surface area contributed by atoms with Crippen LogP contribution in [-0.4, -0.2) is 66.5 Å². The van der Waals surface area contributed by atoms with Crippen molar-refractivity contribution < 1.29 is 15.0 Å². The van der Waals surface area contributed by atoms with E-state index in [9.17, 15) is 15.0 Å². The van der Waals surface area contributed by atoms with Crippen LogP contribution in [-0.2, 0) is 6.61 Å². The Kier molecular flexibility index (Phi) is 4.80. The molecule has 28 heavy (non-hydrogen) atoms. The fraction of sp³-hybridized carbons (Fsp3) is 0.556. The first-order valence-electron chi connectivity index (χ1n) is 9.46. The molecule has 0 spiro atoms. The zero-order valence-corrected chi connectivity index (χ0v) is 16.0. The molecule has 0 aromatic carbocycles. The van der Waals surface area contributed by atoms with Gasteiger partial charge in [0.2, 0.25) is 5.95 Å². The highest BCUT2D eigenvalue weighted by molar-refractivity contribution is 5.66. The van der Waals surface area contributed by atoms with Crippen molar-refractivity contribution >= 4 is 23.7 Å². The Bertz CT molecular complexity index is 857. The molecule has 10 nitrogen and oxygen atoms in total. The predicted octanol–water partition coefficient (Wildman–Crippen LogP) is 1.85. The number of hydrogen-bond donors (Lipinski definition) is 4. The Balaban J connectivity index is 1.55. The SMILES string of the molecule is Cc1cc(Nc2cc(CO)nc(N(C)[C@H]3C[C@H]4CC[C@@H](C3)N4C(=O)O)n2)n[nH]1. The third-order valence-corrected chi connectivity index (χ3v) is 5.68. The van der Waals surface area contributed by atoms with Gasteiger partial charge in [0, 0.05) is 43.0 Å². The monoisotopic (exact) mass is 387 g/mol. The third kappa shape index (κ3) is 3.47. The number of aliphatic hydroxyl groups excluding tert-OH is 1. The van der Waals surface area contributed by atoms with Crippen molar-refractivity contribution in [1.29, 1.82) is 0 Å². The zero-order chi connectivity index (χ0) is 19.8. The van der Waals surface area contributed by atoms with Gasteiger partial charge in [0.25, 0.3) is 0 Å². The smallest absolute Gasteiger partial charge is 0.407 e. The largest absolute Gasteiger partial charge is 0.465 e. The van der Waals surface area contributed by atoms with Crippen LogP contribution < -0.4 is 10.2 Å². The number of nitrogens with one attached hydrogen (secondary N) is 2. The Hall–Kier alpha value is -2.88. The summed E-state index contributed by atoms with van der Waals surface area (Å²) < 4.78 is 0. The van der Waals surface area contributed by atoms with Crippen molar-refractivity contribution in [2.75, 3.05) is 17.3 Å². The summed E-state index contributed by atoms with van der Waals surface area (Å²) in [6, 6.07) is 3.81. The van der Waals surface area contributed by atoms with E-state index in [4.69, 9.17) is 0 Å². The fourth-order valence-corrected chi connectivity index (χ4v) is 4.34. The molecule has 2 aromatic rings. The number of aliphatic hydroxyl groups is 1. The molecule has 2 saturated heterocycles. The molecule has 3 atom stereocenters. The molecule has 0 saturated carbocycles. The Morgan fingerprint density at radius 2 is 2.00 bits per heavy atom. The summed E-state index contributed by atoms with van der Waals surface area (Å²) in [7, 11) is 1.93. The van der Waals surface area contributed by atoms with Gasteiger partial charge in [-0.1, -0.05) is 0 Å². The Morgan fingerprint density at radius 3 is 2.57 bits per heavy atom. The summed E-state index contributed by atoms with van der Waals surface area (Å²) in [5.41, 5.74) is 1.44. The van der Waals surface area contributed by atoms with Crippen LogP contribution in [0.5, 0.6) is 0 Å². The van der Waals surface area contributed by atoms with Crippen molar-refractivity contribution in [2.45, 2.75) is 57.3 Å². The summed E-state index contributed by atoms with van der Waals surface area (Å²) in [5, 5.41) is 29.2. The van der Waals surface area contributed by atoms with E-state index in [0.29, 0.717) is 23.3 Å². The molecule has 0 unspecified atom stereocenters. The highest BCUT2D eigenvalue weighted by Gasteiger charge is 2.44. The molecule has 2 aliphatic rings. The average molecular weight is 387 g/mol. The number of aryl methyl sites for hydroxylation is 1. The van der Waals surface area contributed by atoms with Crippen LogP contribution in [0.15, 0.2) is 12.1 Å². The van der Waals surface area contributed by atoms with Crippen molar-refractivity contribution in [2.24, 2.45) is 0 Å². The van der Waals surface area contributed by atoms with Crippen molar-refractivity contribution in [3.8, 4) is 0 Å². The molecule has 1 amide bonds. The first-order chi connectivity index (χ1) is 13.4. The van der Waals surface area contributed by atoms with Gasteiger partial charge in [-0.2, -0.15) is 10.1 Å². The molecule has 2 aliphatic heterocycles. The van der Waals surface area contributed by atoms with Crippen molar-refractivity contribution in [1.82, 2.24) is 25.1 Å². The van der Waals surface area contributed by atoms with E-state index >= 15 is 0 Å². The molecule has 2 aromatic heterocycles. The maximum Gasteiger partial charge on any atom is 0.407 e. The lowest BCUT2D eigenvalue weighted by Gasteiger charge is -2.40. The molecule has 4 rings (SSSR count). The van der Waals surface area contributed by atoms with Gasteiger partial charge >= 0.3 is 6.09 Å². The van der Waals surface area contributed by atoms with Crippen LogP contribution in [0, 0.1) is 6.92 Å². The van der Waals surface area contributed by atoms with E-state index in [2.05, 4.69) is 25.5 Å². The summed E-state index contributed by atoms with van der Waals surface area (Å²) in [6.45, 7) is 1.72. The minimum Gasteiger partial charge on any atom is -0.465 e. The van der Waals surface area contributed by atoms with Crippen LogP contribution >= 0.6 is 0 Å². The molecule has 0 aliphatic carbocycles. The summed E-state index contributed by atoms with van der Waals surface area (Å²) in [5.74, 6) is 1.70. The molecule has 4 heterocycles. The molecular weight excluding hydrogens is 362 g/mol. The molecule has 150 valence electrons. The maximum atomic E-state index is 11.5. The van der Waals surface area contributed by atoms with E-state index in [1.165, 1.54) is 0 Å². The van der Waals surface area contributed by atoms with Crippen molar-refractivity contribution in [3.63, 3.8) is 0 Å². The number of amides is 1. The predicted molar refractivity (Wildman–Crippen MR) is 103 cm³/mol. The van der Waals surface area contributed by atoms with Crippen LogP contribution in [0.1, 0.15) is 37.1 Å². The first-order valence-corrected chi connectivity index (χ1v) is 9.46.